The third kappa shape index (κ3) is 2.83. The average Bonchev–Trinajstić information content (AvgIpc) is 2.36. The van der Waals surface area contributed by atoms with Crippen LogP contribution in [0.1, 0.15) is 19.4 Å². The summed E-state index contributed by atoms with van der Waals surface area (Å²) in [6.45, 7) is 5.30. The van der Waals surface area contributed by atoms with E-state index in [0.717, 1.165) is 5.69 Å². The molecule has 1 heterocycles. The van der Waals surface area contributed by atoms with Crippen LogP contribution in [0.2, 0.25) is 0 Å². The maximum absolute atomic E-state index is 10.7. The second-order valence-corrected chi connectivity index (χ2v) is 4.73. The zero-order valence-corrected chi connectivity index (χ0v) is 10.9. The number of hydrogen-bond donors (Lipinski definition) is 0. The number of hydrogen-bond acceptors (Lipinski definition) is 5. The molecule has 1 aliphatic heterocycles. The lowest BCUT2D eigenvalue weighted by Gasteiger charge is -2.37. The van der Waals surface area contributed by atoms with Crippen molar-refractivity contribution in [1.29, 1.82) is 5.26 Å². The van der Waals surface area contributed by atoms with E-state index in [-0.39, 0.29) is 17.9 Å². The van der Waals surface area contributed by atoms with Gasteiger partial charge in [0.1, 0.15) is 6.07 Å². The van der Waals surface area contributed by atoms with Crippen LogP contribution in [0, 0.1) is 21.4 Å². The topological polar surface area (TPSA) is 79.4 Å². The molecule has 1 saturated heterocycles. The van der Waals surface area contributed by atoms with Gasteiger partial charge in [0.25, 0.3) is 5.69 Å². The molecule has 100 valence electrons. The highest BCUT2D eigenvalue weighted by Crippen LogP contribution is 2.27. The molecule has 2 atom stereocenters. The number of nitro groups is 1. The Morgan fingerprint density at radius 2 is 2.05 bits per heavy atom. The largest absolute Gasteiger partial charge is 0.372 e. The van der Waals surface area contributed by atoms with Crippen LogP contribution >= 0.6 is 0 Å². The molecule has 6 nitrogen and oxygen atoms in total. The molecule has 1 aromatic carbocycles. The van der Waals surface area contributed by atoms with Gasteiger partial charge in [0.15, 0.2) is 0 Å². The Hall–Kier alpha value is -2.13. The van der Waals surface area contributed by atoms with Crippen LogP contribution in [0.5, 0.6) is 0 Å². The quantitative estimate of drug-likeness (QED) is 0.601. The van der Waals surface area contributed by atoms with E-state index in [1.54, 1.807) is 6.07 Å². The normalized spacial score (nSPS) is 22.9. The van der Waals surface area contributed by atoms with E-state index in [9.17, 15) is 10.1 Å². The van der Waals surface area contributed by atoms with Gasteiger partial charge in [-0.2, -0.15) is 5.26 Å². The zero-order valence-electron chi connectivity index (χ0n) is 10.9. The molecule has 0 spiro atoms. The fourth-order valence-electron chi connectivity index (χ4n) is 2.38. The lowest BCUT2D eigenvalue weighted by molar-refractivity contribution is -0.384. The monoisotopic (exact) mass is 261 g/mol. The van der Waals surface area contributed by atoms with Crippen LogP contribution in [0.25, 0.3) is 0 Å². The van der Waals surface area contributed by atoms with Crippen molar-refractivity contribution in [2.75, 3.05) is 18.0 Å². The molecule has 6 heteroatoms. The highest BCUT2D eigenvalue weighted by atomic mass is 16.6. The first-order valence-corrected chi connectivity index (χ1v) is 6.10. The van der Waals surface area contributed by atoms with Crippen LogP contribution in [0.3, 0.4) is 0 Å². The van der Waals surface area contributed by atoms with Crippen molar-refractivity contribution in [3.63, 3.8) is 0 Å². The van der Waals surface area contributed by atoms with E-state index in [2.05, 4.69) is 0 Å². The smallest absolute Gasteiger partial charge is 0.270 e. The van der Waals surface area contributed by atoms with Gasteiger partial charge in [-0.25, -0.2) is 0 Å². The summed E-state index contributed by atoms with van der Waals surface area (Å²) in [6.07, 6.45) is 0.149. The highest BCUT2D eigenvalue weighted by Gasteiger charge is 2.24. The summed E-state index contributed by atoms with van der Waals surface area (Å²) in [4.78, 5) is 12.3. The summed E-state index contributed by atoms with van der Waals surface area (Å²) in [5, 5.41) is 19.9. The number of nitriles is 1. The Morgan fingerprint density at radius 1 is 1.42 bits per heavy atom. The summed E-state index contributed by atoms with van der Waals surface area (Å²) >= 11 is 0. The molecule has 0 bridgehead atoms. The number of morpholine rings is 1. The molecule has 0 amide bonds. The summed E-state index contributed by atoms with van der Waals surface area (Å²) in [5.41, 5.74) is 1.00. The summed E-state index contributed by atoms with van der Waals surface area (Å²) in [6, 6.07) is 6.42. The number of benzene rings is 1. The summed E-state index contributed by atoms with van der Waals surface area (Å²) in [5.74, 6) is 0. The van der Waals surface area contributed by atoms with Crippen molar-refractivity contribution < 1.29 is 9.66 Å². The first-order valence-electron chi connectivity index (χ1n) is 6.10. The summed E-state index contributed by atoms with van der Waals surface area (Å²) in [7, 11) is 0. The molecule has 2 rings (SSSR count). The van der Waals surface area contributed by atoms with E-state index < -0.39 is 4.92 Å². The van der Waals surface area contributed by atoms with E-state index in [1.807, 2.05) is 24.8 Å². The molecule has 0 N–H and O–H groups in total. The van der Waals surface area contributed by atoms with Gasteiger partial charge >= 0.3 is 0 Å². The van der Waals surface area contributed by atoms with Crippen molar-refractivity contribution in [1.82, 2.24) is 0 Å². The SMILES string of the molecule is C[C@@H]1CN(c2ccc([N+](=O)[O-])cc2C#N)C[C@@H](C)O1. The van der Waals surface area contributed by atoms with Crippen LogP contribution in [0.4, 0.5) is 11.4 Å². The van der Waals surface area contributed by atoms with E-state index >= 15 is 0 Å². The number of anilines is 1. The third-order valence-corrected chi connectivity index (χ3v) is 3.07. The van der Waals surface area contributed by atoms with Crippen molar-refractivity contribution in [3.8, 4) is 6.07 Å². The molecular weight excluding hydrogens is 246 g/mol. The maximum Gasteiger partial charge on any atom is 0.270 e. The Balaban J connectivity index is 2.34. The number of nitro benzene ring substituents is 1. The van der Waals surface area contributed by atoms with Gasteiger partial charge in [0.2, 0.25) is 0 Å². The van der Waals surface area contributed by atoms with Crippen molar-refractivity contribution in [2.45, 2.75) is 26.1 Å². The van der Waals surface area contributed by atoms with Crippen LogP contribution in [-0.2, 0) is 4.74 Å². The molecule has 1 aromatic rings. The van der Waals surface area contributed by atoms with Gasteiger partial charge in [-0.05, 0) is 19.9 Å². The van der Waals surface area contributed by atoms with Crippen LogP contribution in [-0.4, -0.2) is 30.2 Å². The second kappa shape index (κ2) is 5.24. The fraction of sp³-hybridized carbons (Fsp3) is 0.462. The highest BCUT2D eigenvalue weighted by molar-refractivity contribution is 5.63. The Bertz CT molecular complexity index is 528. The number of ether oxygens (including phenoxy) is 1. The average molecular weight is 261 g/mol. The van der Waals surface area contributed by atoms with E-state index in [1.165, 1.54) is 12.1 Å². The Morgan fingerprint density at radius 3 is 2.58 bits per heavy atom. The minimum atomic E-state index is -0.491. The number of rotatable bonds is 2. The fourth-order valence-corrected chi connectivity index (χ4v) is 2.38. The molecular formula is C13H15N3O3. The molecule has 0 aliphatic carbocycles. The van der Waals surface area contributed by atoms with Crippen LogP contribution in [0.15, 0.2) is 18.2 Å². The van der Waals surface area contributed by atoms with Gasteiger partial charge in [-0.15, -0.1) is 0 Å². The van der Waals surface area contributed by atoms with Crippen molar-refractivity contribution in [2.24, 2.45) is 0 Å². The predicted molar refractivity (Wildman–Crippen MR) is 70.0 cm³/mol. The van der Waals surface area contributed by atoms with Gasteiger partial charge < -0.3 is 9.64 Å². The number of non-ortho nitro benzene ring substituents is 1. The van der Waals surface area contributed by atoms with Gasteiger partial charge in [-0.1, -0.05) is 0 Å². The summed E-state index contributed by atoms with van der Waals surface area (Å²) < 4.78 is 5.64. The van der Waals surface area contributed by atoms with E-state index in [4.69, 9.17) is 10.00 Å². The molecule has 1 fully saturated rings. The molecule has 19 heavy (non-hydrogen) atoms. The zero-order chi connectivity index (χ0) is 14.0. The van der Waals surface area contributed by atoms with Crippen molar-refractivity contribution in [3.05, 3.63) is 33.9 Å². The Labute approximate surface area is 111 Å². The molecule has 0 unspecified atom stereocenters. The lowest BCUT2D eigenvalue weighted by atomic mass is 10.1. The maximum atomic E-state index is 10.7. The van der Waals surface area contributed by atoms with Gasteiger partial charge in [0, 0.05) is 25.2 Å². The molecule has 0 saturated carbocycles. The van der Waals surface area contributed by atoms with E-state index in [0.29, 0.717) is 18.7 Å². The molecule has 1 aliphatic rings. The van der Waals surface area contributed by atoms with Crippen LogP contribution < -0.4 is 4.90 Å². The second-order valence-electron chi connectivity index (χ2n) is 4.73. The van der Waals surface area contributed by atoms with Gasteiger partial charge in [0.05, 0.1) is 28.4 Å². The molecule has 0 radical (unpaired) electrons. The first-order chi connectivity index (χ1) is 9.01. The first kappa shape index (κ1) is 13.3. The predicted octanol–water partition coefficient (Wildman–Crippen LogP) is 2.08. The lowest BCUT2D eigenvalue weighted by Crippen LogP contribution is -2.45. The van der Waals surface area contributed by atoms with Gasteiger partial charge in [-0.3, -0.25) is 10.1 Å². The third-order valence-electron chi connectivity index (χ3n) is 3.07. The van der Waals surface area contributed by atoms with Crippen molar-refractivity contribution >= 4 is 11.4 Å². The standard InChI is InChI=1S/C13H15N3O3/c1-9-7-15(8-10(2)19-9)13-4-3-12(16(17)18)5-11(13)6-14/h3-5,9-10H,7-8H2,1-2H3/t9-,10-/m1/s1. The molecule has 0 aromatic heterocycles. The minimum absolute atomic E-state index is 0.0605. The Kier molecular flexibility index (Phi) is 3.67. The minimum Gasteiger partial charge on any atom is -0.372 e. The number of nitrogens with zero attached hydrogens (tertiary/aromatic N) is 3.